The molecular formula is C16H17BrO. The number of aliphatic hydroxyl groups excluding tert-OH is 1. The Morgan fingerprint density at radius 1 is 1.00 bits per heavy atom. The van der Waals surface area contributed by atoms with E-state index < -0.39 is 6.10 Å². The van der Waals surface area contributed by atoms with Crippen molar-refractivity contribution < 1.29 is 5.11 Å². The van der Waals surface area contributed by atoms with Gasteiger partial charge in [0.05, 0.1) is 6.10 Å². The molecule has 2 heteroatoms. The second kappa shape index (κ2) is 5.68. The highest BCUT2D eigenvalue weighted by Gasteiger charge is 2.11. The van der Waals surface area contributed by atoms with Gasteiger partial charge in [-0.15, -0.1) is 0 Å². The van der Waals surface area contributed by atoms with Gasteiger partial charge in [0.15, 0.2) is 0 Å². The Kier molecular flexibility index (Phi) is 4.20. The third-order valence-corrected chi connectivity index (χ3v) is 3.83. The molecule has 1 unspecified atom stereocenters. The number of aryl methyl sites for hydroxylation is 2. The highest BCUT2D eigenvalue weighted by Crippen LogP contribution is 2.24. The van der Waals surface area contributed by atoms with Crippen LogP contribution in [0.4, 0.5) is 0 Å². The fraction of sp³-hybridized carbons (Fsp3) is 0.250. The molecule has 0 aliphatic heterocycles. The van der Waals surface area contributed by atoms with Crippen molar-refractivity contribution in [3.8, 4) is 0 Å². The summed E-state index contributed by atoms with van der Waals surface area (Å²) >= 11 is 3.40. The van der Waals surface area contributed by atoms with Gasteiger partial charge < -0.3 is 5.11 Å². The highest BCUT2D eigenvalue weighted by molar-refractivity contribution is 9.10. The minimum absolute atomic E-state index is 0.446. The third kappa shape index (κ3) is 3.01. The van der Waals surface area contributed by atoms with Gasteiger partial charge in [0, 0.05) is 10.9 Å². The number of rotatable bonds is 3. The first-order valence-corrected chi connectivity index (χ1v) is 6.86. The molecule has 1 atom stereocenters. The van der Waals surface area contributed by atoms with Crippen LogP contribution in [0.2, 0.25) is 0 Å². The molecule has 0 saturated heterocycles. The summed E-state index contributed by atoms with van der Waals surface area (Å²) in [5, 5.41) is 10.3. The lowest BCUT2D eigenvalue weighted by Gasteiger charge is -2.15. The Morgan fingerprint density at radius 3 is 2.11 bits per heavy atom. The van der Waals surface area contributed by atoms with Crippen LogP contribution in [0.1, 0.15) is 28.4 Å². The van der Waals surface area contributed by atoms with Crippen LogP contribution in [0.15, 0.2) is 46.9 Å². The highest BCUT2D eigenvalue weighted by atomic mass is 79.9. The van der Waals surface area contributed by atoms with Crippen molar-refractivity contribution in [2.75, 3.05) is 0 Å². The number of halogens is 1. The van der Waals surface area contributed by atoms with Crippen molar-refractivity contribution >= 4 is 15.9 Å². The van der Waals surface area contributed by atoms with Crippen molar-refractivity contribution in [3.05, 3.63) is 69.2 Å². The largest absolute Gasteiger partial charge is 0.388 e. The lowest BCUT2D eigenvalue weighted by Crippen LogP contribution is -2.04. The molecule has 0 amide bonds. The predicted molar refractivity (Wildman–Crippen MR) is 78.7 cm³/mol. The summed E-state index contributed by atoms with van der Waals surface area (Å²) in [7, 11) is 0. The average molecular weight is 305 g/mol. The first-order valence-electron chi connectivity index (χ1n) is 6.06. The number of benzene rings is 2. The van der Waals surface area contributed by atoms with E-state index in [9.17, 15) is 5.11 Å². The molecule has 0 saturated carbocycles. The lowest BCUT2D eigenvalue weighted by molar-refractivity contribution is 0.178. The Balaban J connectivity index is 2.21. The summed E-state index contributed by atoms with van der Waals surface area (Å²) in [4.78, 5) is 0. The molecule has 0 spiro atoms. The standard InChI is InChI=1S/C16H17BrO/c1-11-4-3-5-12(2)15(11)10-16(18)13-6-8-14(17)9-7-13/h3-9,16,18H,10H2,1-2H3. The van der Waals surface area contributed by atoms with Gasteiger partial charge >= 0.3 is 0 Å². The zero-order valence-electron chi connectivity index (χ0n) is 10.7. The van der Waals surface area contributed by atoms with E-state index in [1.165, 1.54) is 16.7 Å². The molecule has 0 heterocycles. The molecule has 0 bridgehead atoms. The third-order valence-electron chi connectivity index (χ3n) is 3.30. The van der Waals surface area contributed by atoms with Crippen molar-refractivity contribution in [3.63, 3.8) is 0 Å². The molecule has 0 aromatic heterocycles. The molecule has 0 radical (unpaired) electrons. The maximum absolute atomic E-state index is 10.3. The molecular weight excluding hydrogens is 288 g/mol. The summed E-state index contributed by atoms with van der Waals surface area (Å²) in [6.45, 7) is 4.19. The summed E-state index contributed by atoms with van der Waals surface area (Å²) in [6.07, 6.45) is 0.220. The van der Waals surface area contributed by atoms with E-state index in [0.29, 0.717) is 6.42 Å². The van der Waals surface area contributed by atoms with Gasteiger partial charge in [-0.3, -0.25) is 0 Å². The van der Waals surface area contributed by atoms with Crippen molar-refractivity contribution in [2.45, 2.75) is 26.4 Å². The summed E-state index contributed by atoms with van der Waals surface area (Å²) < 4.78 is 1.03. The van der Waals surface area contributed by atoms with Gasteiger partial charge in [0.2, 0.25) is 0 Å². The minimum atomic E-state index is -0.446. The Morgan fingerprint density at radius 2 is 1.56 bits per heavy atom. The van der Waals surface area contributed by atoms with Crippen LogP contribution in [0, 0.1) is 13.8 Å². The van der Waals surface area contributed by atoms with Gasteiger partial charge in [-0.25, -0.2) is 0 Å². The average Bonchev–Trinajstić information content (AvgIpc) is 2.34. The molecule has 0 aliphatic carbocycles. The summed E-state index contributed by atoms with van der Waals surface area (Å²) in [6, 6.07) is 14.1. The van der Waals surface area contributed by atoms with Gasteiger partial charge in [-0.05, 0) is 48.2 Å². The first-order chi connectivity index (χ1) is 8.58. The second-order valence-electron chi connectivity index (χ2n) is 4.64. The van der Waals surface area contributed by atoms with Gasteiger partial charge in [-0.2, -0.15) is 0 Å². The fourth-order valence-corrected chi connectivity index (χ4v) is 2.43. The zero-order chi connectivity index (χ0) is 13.1. The van der Waals surface area contributed by atoms with E-state index >= 15 is 0 Å². The Bertz CT molecular complexity index is 511. The minimum Gasteiger partial charge on any atom is -0.388 e. The summed E-state index contributed by atoms with van der Waals surface area (Å²) in [5.74, 6) is 0. The van der Waals surface area contributed by atoms with Gasteiger partial charge in [0.1, 0.15) is 0 Å². The van der Waals surface area contributed by atoms with Crippen LogP contribution >= 0.6 is 15.9 Å². The normalized spacial score (nSPS) is 12.4. The van der Waals surface area contributed by atoms with E-state index in [1.807, 2.05) is 24.3 Å². The SMILES string of the molecule is Cc1cccc(C)c1CC(O)c1ccc(Br)cc1. The van der Waals surface area contributed by atoms with E-state index in [-0.39, 0.29) is 0 Å². The zero-order valence-corrected chi connectivity index (χ0v) is 12.2. The van der Waals surface area contributed by atoms with Crippen LogP contribution in [0.3, 0.4) is 0 Å². The van der Waals surface area contributed by atoms with Crippen molar-refractivity contribution in [1.82, 2.24) is 0 Å². The maximum Gasteiger partial charge on any atom is 0.0830 e. The van der Waals surface area contributed by atoms with E-state index in [1.54, 1.807) is 0 Å². The van der Waals surface area contributed by atoms with E-state index in [2.05, 4.69) is 48.0 Å². The number of hydrogen-bond acceptors (Lipinski definition) is 1. The number of aliphatic hydroxyl groups is 1. The second-order valence-corrected chi connectivity index (χ2v) is 5.56. The number of hydrogen-bond donors (Lipinski definition) is 1. The maximum atomic E-state index is 10.3. The monoisotopic (exact) mass is 304 g/mol. The van der Waals surface area contributed by atoms with Crippen LogP contribution in [0.5, 0.6) is 0 Å². The predicted octanol–water partition coefficient (Wildman–Crippen LogP) is 4.34. The molecule has 2 rings (SSSR count). The molecule has 0 fully saturated rings. The quantitative estimate of drug-likeness (QED) is 0.894. The topological polar surface area (TPSA) is 20.2 Å². The molecule has 94 valence electrons. The Labute approximate surface area is 117 Å². The Hall–Kier alpha value is -1.12. The molecule has 18 heavy (non-hydrogen) atoms. The first kappa shape index (κ1) is 13.3. The molecule has 0 aliphatic rings. The van der Waals surface area contributed by atoms with Crippen LogP contribution in [-0.2, 0) is 6.42 Å². The van der Waals surface area contributed by atoms with E-state index in [4.69, 9.17) is 0 Å². The molecule has 2 aromatic carbocycles. The molecule has 2 aromatic rings. The summed E-state index contributed by atoms with van der Waals surface area (Å²) in [5.41, 5.74) is 4.69. The molecule has 1 N–H and O–H groups in total. The van der Waals surface area contributed by atoms with Crippen LogP contribution in [-0.4, -0.2) is 5.11 Å². The van der Waals surface area contributed by atoms with Gasteiger partial charge in [-0.1, -0.05) is 46.3 Å². The van der Waals surface area contributed by atoms with Gasteiger partial charge in [0.25, 0.3) is 0 Å². The lowest BCUT2D eigenvalue weighted by atomic mass is 9.95. The van der Waals surface area contributed by atoms with E-state index in [0.717, 1.165) is 10.0 Å². The van der Waals surface area contributed by atoms with Crippen LogP contribution in [0.25, 0.3) is 0 Å². The fourth-order valence-electron chi connectivity index (χ4n) is 2.17. The van der Waals surface area contributed by atoms with Crippen molar-refractivity contribution in [2.24, 2.45) is 0 Å². The molecule has 1 nitrogen and oxygen atoms in total. The van der Waals surface area contributed by atoms with Crippen molar-refractivity contribution in [1.29, 1.82) is 0 Å². The smallest absolute Gasteiger partial charge is 0.0830 e. The van der Waals surface area contributed by atoms with Crippen LogP contribution < -0.4 is 0 Å².